The zero-order valence-corrected chi connectivity index (χ0v) is 16.7. The standard InChI is InChI=1S/C21H27N5O3/c1-16-12-18(25-20(24-16)26-10-6-3-7-11-26)13-22-19(27)14-23-21(28)29-15-17-8-4-2-5-9-17/h2,4-5,8-9,12H,3,6-7,10-11,13-15H2,1H3,(H,22,27)(H,23,28). The number of nitrogens with one attached hydrogen (secondary N) is 2. The van der Waals surface area contributed by atoms with Crippen LogP contribution in [0.5, 0.6) is 0 Å². The average Bonchev–Trinajstić information content (AvgIpc) is 2.76. The van der Waals surface area contributed by atoms with Crippen LogP contribution in [0, 0.1) is 6.92 Å². The molecule has 2 N–H and O–H groups in total. The molecule has 1 aromatic carbocycles. The molecule has 1 saturated heterocycles. The Morgan fingerprint density at radius 2 is 1.83 bits per heavy atom. The first-order valence-corrected chi connectivity index (χ1v) is 9.91. The number of nitrogens with zero attached hydrogens (tertiary/aromatic N) is 3. The Bertz CT molecular complexity index is 822. The highest BCUT2D eigenvalue weighted by atomic mass is 16.5. The van der Waals surface area contributed by atoms with Crippen molar-refractivity contribution < 1.29 is 14.3 Å². The fourth-order valence-corrected chi connectivity index (χ4v) is 3.12. The Hall–Kier alpha value is -3.16. The van der Waals surface area contributed by atoms with E-state index in [9.17, 15) is 9.59 Å². The molecule has 2 aromatic rings. The first kappa shape index (κ1) is 20.6. The molecule has 0 atom stereocenters. The van der Waals surface area contributed by atoms with Gasteiger partial charge in [-0.2, -0.15) is 0 Å². The van der Waals surface area contributed by atoms with Gasteiger partial charge in [0.15, 0.2) is 0 Å². The molecule has 1 aliphatic heterocycles. The Morgan fingerprint density at radius 3 is 2.59 bits per heavy atom. The number of aryl methyl sites for hydroxylation is 1. The lowest BCUT2D eigenvalue weighted by molar-refractivity contribution is -0.120. The van der Waals surface area contributed by atoms with Gasteiger partial charge in [0.05, 0.1) is 12.2 Å². The highest BCUT2D eigenvalue weighted by Gasteiger charge is 2.15. The van der Waals surface area contributed by atoms with Crippen molar-refractivity contribution in [2.24, 2.45) is 0 Å². The lowest BCUT2D eigenvalue weighted by atomic mass is 10.1. The Labute approximate surface area is 170 Å². The summed E-state index contributed by atoms with van der Waals surface area (Å²) in [4.78, 5) is 35.0. The monoisotopic (exact) mass is 397 g/mol. The van der Waals surface area contributed by atoms with Gasteiger partial charge in [0.25, 0.3) is 0 Å². The van der Waals surface area contributed by atoms with Crippen molar-refractivity contribution in [3.8, 4) is 0 Å². The van der Waals surface area contributed by atoms with Crippen molar-refractivity contribution >= 4 is 17.9 Å². The van der Waals surface area contributed by atoms with Gasteiger partial charge in [-0.1, -0.05) is 30.3 Å². The molecule has 1 aliphatic rings. The fourth-order valence-electron chi connectivity index (χ4n) is 3.12. The molecular formula is C21H27N5O3. The molecule has 0 radical (unpaired) electrons. The van der Waals surface area contributed by atoms with Gasteiger partial charge in [-0.25, -0.2) is 14.8 Å². The second kappa shape index (κ2) is 10.4. The summed E-state index contributed by atoms with van der Waals surface area (Å²) in [5.41, 5.74) is 2.50. The number of carbonyl (C=O) groups excluding carboxylic acids is 2. The molecule has 2 amide bonds. The Kier molecular flexibility index (Phi) is 7.38. The van der Waals surface area contributed by atoms with Crippen molar-refractivity contribution in [1.29, 1.82) is 0 Å². The third kappa shape index (κ3) is 6.74. The van der Waals surface area contributed by atoms with Crippen LogP contribution in [0.3, 0.4) is 0 Å². The minimum Gasteiger partial charge on any atom is -0.445 e. The summed E-state index contributed by atoms with van der Waals surface area (Å²) in [6, 6.07) is 11.2. The first-order chi connectivity index (χ1) is 14.1. The van der Waals surface area contributed by atoms with Gasteiger partial charge < -0.3 is 20.3 Å². The molecule has 0 spiro atoms. The van der Waals surface area contributed by atoms with Crippen LogP contribution in [0.2, 0.25) is 0 Å². The largest absolute Gasteiger partial charge is 0.445 e. The van der Waals surface area contributed by atoms with Crippen molar-refractivity contribution in [3.05, 3.63) is 53.3 Å². The van der Waals surface area contributed by atoms with Crippen LogP contribution >= 0.6 is 0 Å². The van der Waals surface area contributed by atoms with Crippen LogP contribution in [-0.2, 0) is 22.7 Å². The van der Waals surface area contributed by atoms with E-state index in [1.54, 1.807) is 0 Å². The topological polar surface area (TPSA) is 96.5 Å². The zero-order chi connectivity index (χ0) is 20.5. The highest BCUT2D eigenvalue weighted by Crippen LogP contribution is 2.16. The fraction of sp³-hybridized carbons (Fsp3) is 0.429. The molecule has 0 saturated carbocycles. The highest BCUT2D eigenvalue weighted by molar-refractivity contribution is 5.82. The van der Waals surface area contributed by atoms with Gasteiger partial charge in [-0.3, -0.25) is 4.79 Å². The molecule has 29 heavy (non-hydrogen) atoms. The van der Waals surface area contributed by atoms with Gasteiger partial charge in [0.1, 0.15) is 13.2 Å². The Balaban J connectivity index is 1.42. The minimum absolute atomic E-state index is 0.156. The van der Waals surface area contributed by atoms with Crippen molar-refractivity contribution in [2.45, 2.75) is 39.3 Å². The molecule has 8 heteroatoms. The SMILES string of the molecule is Cc1cc(CNC(=O)CNC(=O)OCc2ccccc2)nc(N2CCCCC2)n1. The quantitative estimate of drug-likeness (QED) is 0.744. The summed E-state index contributed by atoms with van der Waals surface area (Å²) in [6.07, 6.45) is 2.91. The van der Waals surface area contributed by atoms with Crippen LogP contribution in [0.1, 0.15) is 36.2 Å². The number of rotatable bonds is 7. The van der Waals surface area contributed by atoms with Gasteiger partial charge in [0.2, 0.25) is 11.9 Å². The second-order valence-electron chi connectivity index (χ2n) is 7.04. The van der Waals surface area contributed by atoms with E-state index in [1.165, 1.54) is 6.42 Å². The van der Waals surface area contributed by atoms with E-state index in [0.717, 1.165) is 48.8 Å². The summed E-state index contributed by atoms with van der Waals surface area (Å²) in [7, 11) is 0. The molecule has 2 heterocycles. The van der Waals surface area contributed by atoms with E-state index in [4.69, 9.17) is 4.74 Å². The summed E-state index contributed by atoms with van der Waals surface area (Å²) in [5, 5.41) is 5.22. The number of carbonyl (C=O) groups is 2. The summed E-state index contributed by atoms with van der Waals surface area (Å²) < 4.78 is 5.08. The van der Waals surface area contributed by atoms with Gasteiger partial charge in [-0.05, 0) is 37.8 Å². The van der Waals surface area contributed by atoms with Crippen LogP contribution in [0.25, 0.3) is 0 Å². The van der Waals surface area contributed by atoms with Gasteiger partial charge in [0, 0.05) is 18.8 Å². The number of aromatic nitrogens is 2. The number of hydrogen-bond donors (Lipinski definition) is 2. The lowest BCUT2D eigenvalue weighted by Gasteiger charge is -2.27. The Morgan fingerprint density at radius 1 is 1.07 bits per heavy atom. The molecule has 154 valence electrons. The van der Waals surface area contributed by atoms with E-state index in [-0.39, 0.29) is 25.6 Å². The van der Waals surface area contributed by atoms with Crippen molar-refractivity contribution in [3.63, 3.8) is 0 Å². The lowest BCUT2D eigenvalue weighted by Crippen LogP contribution is -2.37. The maximum Gasteiger partial charge on any atom is 0.407 e. The van der Waals surface area contributed by atoms with Crippen molar-refractivity contribution in [2.75, 3.05) is 24.5 Å². The number of hydrogen-bond acceptors (Lipinski definition) is 6. The van der Waals surface area contributed by atoms with Crippen molar-refractivity contribution in [1.82, 2.24) is 20.6 Å². The van der Waals surface area contributed by atoms with Crippen LogP contribution in [-0.4, -0.2) is 41.6 Å². The third-order valence-electron chi connectivity index (χ3n) is 4.61. The maximum absolute atomic E-state index is 12.0. The smallest absolute Gasteiger partial charge is 0.407 e. The predicted molar refractivity (Wildman–Crippen MR) is 109 cm³/mol. The number of anilines is 1. The van der Waals surface area contributed by atoms with E-state index < -0.39 is 6.09 Å². The molecule has 1 fully saturated rings. The summed E-state index contributed by atoms with van der Waals surface area (Å²) in [5.74, 6) is 0.411. The third-order valence-corrected chi connectivity index (χ3v) is 4.61. The second-order valence-corrected chi connectivity index (χ2v) is 7.04. The van der Waals surface area contributed by atoms with Crippen LogP contribution in [0.15, 0.2) is 36.4 Å². The predicted octanol–water partition coefficient (Wildman–Crippen LogP) is 2.32. The van der Waals surface area contributed by atoms with Gasteiger partial charge >= 0.3 is 6.09 Å². The first-order valence-electron chi connectivity index (χ1n) is 9.91. The maximum atomic E-state index is 12.0. The normalized spacial score (nSPS) is 13.6. The van der Waals surface area contributed by atoms with Crippen LogP contribution < -0.4 is 15.5 Å². The van der Waals surface area contributed by atoms with E-state index in [1.807, 2.05) is 43.3 Å². The number of amides is 2. The number of alkyl carbamates (subject to hydrolysis) is 1. The average molecular weight is 397 g/mol. The molecule has 0 unspecified atom stereocenters. The molecule has 1 aromatic heterocycles. The van der Waals surface area contributed by atoms with E-state index in [0.29, 0.717) is 0 Å². The van der Waals surface area contributed by atoms with Crippen LogP contribution in [0.4, 0.5) is 10.7 Å². The number of benzene rings is 1. The van der Waals surface area contributed by atoms with E-state index >= 15 is 0 Å². The summed E-state index contributed by atoms with van der Waals surface area (Å²) >= 11 is 0. The zero-order valence-electron chi connectivity index (χ0n) is 16.7. The van der Waals surface area contributed by atoms with E-state index in [2.05, 4.69) is 25.5 Å². The number of ether oxygens (including phenoxy) is 1. The number of piperidine rings is 1. The molecular weight excluding hydrogens is 370 g/mol. The van der Waals surface area contributed by atoms with Gasteiger partial charge in [-0.15, -0.1) is 0 Å². The molecule has 8 nitrogen and oxygen atoms in total. The summed E-state index contributed by atoms with van der Waals surface area (Å²) in [6.45, 7) is 4.13. The minimum atomic E-state index is -0.630. The molecule has 0 aliphatic carbocycles. The molecule has 3 rings (SSSR count). The molecule has 0 bridgehead atoms.